The number of rotatable bonds is 11. The number of aromatic nitrogens is 4. The Hall–Kier alpha value is -5.99. The summed E-state index contributed by atoms with van der Waals surface area (Å²) < 4.78 is 43.8. The molecular weight excluding hydrogens is 874 g/mol. The zero-order valence-electron chi connectivity index (χ0n) is 38.2. The predicted molar refractivity (Wildman–Crippen MR) is 268 cm³/mol. The molecule has 0 aliphatic carbocycles. The molecule has 8 rings (SSSR count). The minimum Gasteiger partial charge on any atom is -0.497 e. The lowest BCUT2D eigenvalue weighted by Gasteiger charge is -2.35. The summed E-state index contributed by atoms with van der Waals surface area (Å²) in [6.45, 7) is 3.61. The van der Waals surface area contributed by atoms with Crippen LogP contribution in [0.5, 0.6) is 5.75 Å². The van der Waals surface area contributed by atoms with E-state index in [-0.39, 0.29) is 0 Å². The van der Waals surface area contributed by atoms with Gasteiger partial charge in [-0.2, -0.15) is 13.2 Å². The van der Waals surface area contributed by atoms with E-state index in [0.29, 0.717) is 24.2 Å². The number of piperidine rings is 2. The molecule has 0 radical (unpaired) electrons. The number of halogens is 3. The van der Waals surface area contributed by atoms with Crippen molar-refractivity contribution in [3.8, 4) is 28.0 Å². The molecule has 0 saturated carbocycles. The highest BCUT2D eigenvalue weighted by molar-refractivity contribution is 7.80. The Morgan fingerprint density at radius 1 is 0.606 bits per heavy atom. The molecule has 2 saturated heterocycles. The summed E-state index contributed by atoms with van der Waals surface area (Å²) in [6.07, 6.45) is 8.84. The van der Waals surface area contributed by atoms with Crippen LogP contribution in [0.1, 0.15) is 65.3 Å². The minimum absolute atomic E-state index is 0.295. The Bertz CT molecular complexity index is 2540. The topological polar surface area (TPSA) is 73.8 Å². The van der Waals surface area contributed by atoms with Crippen LogP contribution in [0.3, 0.4) is 0 Å². The predicted octanol–water partition coefficient (Wildman–Crippen LogP) is 10.9. The van der Waals surface area contributed by atoms with Gasteiger partial charge in [-0.15, -0.1) is 0 Å². The number of thiocarbonyl (C=S) groups is 2. The number of ether oxygens (including phenoxy) is 1. The third-order valence-electron chi connectivity index (χ3n) is 12.2. The molecular formula is C52H57F3N8OS2. The Kier molecular flexibility index (Phi) is 16.0. The van der Waals surface area contributed by atoms with Crippen molar-refractivity contribution in [2.45, 2.75) is 56.5 Å². The van der Waals surface area contributed by atoms with Gasteiger partial charge in [0.1, 0.15) is 5.75 Å². The number of alkyl halides is 3. The molecule has 6 aromatic rings. The number of nitrogens with zero attached hydrogens (tertiary/aromatic N) is 8. The van der Waals surface area contributed by atoms with Crippen molar-refractivity contribution >= 4 is 46.3 Å². The third-order valence-corrected chi connectivity index (χ3v) is 13.0. The highest BCUT2D eigenvalue weighted by atomic mass is 32.1. The van der Waals surface area contributed by atoms with Crippen molar-refractivity contribution in [3.05, 3.63) is 150 Å². The first-order valence-electron chi connectivity index (χ1n) is 22.3. The number of hydrogen-bond donors (Lipinski definition) is 0. The Balaban J connectivity index is 0.000000197. The molecule has 66 heavy (non-hydrogen) atoms. The average molecular weight is 931 g/mol. The van der Waals surface area contributed by atoms with Crippen LogP contribution >= 0.6 is 24.4 Å². The first-order chi connectivity index (χ1) is 31.8. The van der Waals surface area contributed by atoms with Gasteiger partial charge in [0.05, 0.1) is 22.7 Å². The van der Waals surface area contributed by atoms with Crippen molar-refractivity contribution in [1.29, 1.82) is 0 Å². The lowest BCUT2D eigenvalue weighted by molar-refractivity contribution is -0.137. The summed E-state index contributed by atoms with van der Waals surface area (Å²) >= 11 is 11.6. The van der Waals surface area contributed by atoms with E-state index in [9.17, 15) is 13.2 Å². The quantitative estimate of drug-likeness (QED) is 0.117. The Morgan fingerprint density at radius 3 is 1.38 bits per heavy atom. The van der Waals surface area contributed by atoms with E-state index in [1.165, 1.54) is 34.4 Å². The maximum absolute atomic E-state index is 12.8. The van der Waals surface area contributed by atoms with E-state index in [1.807, 2.05) is 87.0 Å². The van der Waals surface area contributed by atoms with E-state index in [4.69, 9.17) is 29.2 Å². The summed E-state index contributed by atoms with van der Waals surface area (Å²) in [4.78, 5) is 28.1. The molecule has 9 nitrogen and oxygen atoms in total. The van der Waals surface area contributed by atoms with Gasteiger partial charge in [-0.3, -0.25) is 0 Å². The molecule has 2 fully saturated rings. The van der Waals surface area contributed by atoms with E-state index in [2.05, 4.69) is 78.3 Å². The molecule has 2 atom stereocenters. The van der Waals surface area contributed by atoms with E-state index in [0.717, 1.165) is 114 Å². The van der Waals surface area contributed by atoms with Crippen molar-refractivity contribution < 1.29 is 17.9 Å². The summed E-state index contributed by atoms with van der Waals surface area (Å²) in [6, 6.07) is 30.4. The van der Waals surface area contributed by atoms with Gasteiger partial charge >= 0.3 is 6.18 Å². The van der Waals surface area contributed by atoms with Gasteiger partial charge in [-0.05, 0) is 83.3 Å². The molecule has 14 heteroatoms. The van der Waals surface area contributed by atoms with Crippen LogP contribution in [0.25, 0.3) is 22.3 Å². The van der Waals surface area contributed by atoms with Crippen LogP contribution in [0, 0.1) is 0 Å². The molecule has 0 N–H and O–H groups in total. The molecule has 2 aliphatic rings. The first kappa shape index (κ1) is 48.0. The number of likely N-dealkylation sites (tertiary alicyclic amines) is 2. The van der Waals surface area contributed by atoms with Crippen molar-refractivity contribution in [2.24, 2.45) is 0 Å². The van der Waals surface area contributed by atoms with Crippen molar-refractivity contribution in [1.82, 2.24) is 29.7 Å². The Labute approximate surface area is 397 Å². The summed E-state index contributed by atoms with van der Waals surface area (Å²) in [5, 5.41) is 0. The van der Waals surface area contributed by atoms with Gasteiger partial charge in [0, 0.05) is 115 Å². The number of anilines is 2. The fourth-order valence-electron chi connectivity index (χ4n) is 8.66. The second-order valence-corrected chi connectivity index (χ2v) is 18.2. The minimum atomic E-state index is -4.33. The van der Waals surface area contributed by atoms with Gasteiger partial charge in [-0.1, -0.05) is 97.2 Å². The monoisotopic (exact) mass is 930 g/mol. The van der Waals surface area contributed by atoms with Gasteiger partial charge in [0.25, 0.3) is 0 Å². The molecule has 0 spiro atoms. The second kappa shape index (κ2) is 22.0. The fourth-order valence-corrected chi connectivity index (χ4v) is 9.32. The van der Waals surface area contributed by atoms with Gasteiger partial charge in [0.15, 0.2) is 0 Å². The van der Waals surface area contributed by atoms with Crippen LogP contribution in [0.4, 0.5) is 25.1 Å². The zero-order chi connectivity index (χ0) is 46.8. The molecule has 2 unspecified atom stereocenters. The van der Waals surface area contributed by atoms with Gasteiger partial charge in [0.2, 0.25) is 11.9 Å². The molecule has 0 amide bonds. The molecule has 4 aromatic carbocycles. The van der Waals surface area contributed by atoms with Gasteiger partial charge in [-0.25, -0.2) is 19.9 Å². The molecule has 2 aromatic heterocycles. The second-order valence-electron chi connectivity index (χ2n) is 17.3. The fraction of sp³-hybridized carbons (Fsp3) is 0.346. The summed E-state index contributed by atoms with van der Waals surface area (Å²) in [5.74, 6) is 2.99. The van der Waals surface area contributed by atoms with Crippen LogP contribution in [-0.2, 0) is 19.0 Å². The summed E-state index contributed by atoms with van der Waals surface area (Å²) in [7, 11) is 9.41. The normalized spacial score (nSPS) is 16.2. The van der Waals surface area contributed by atoms with Crippen molar-refractivity contribution in [2.75, 3.05) is 71.3 Å². The van der Waals surface area contributed by atoms with E-state index < -0.39 is 11.7 Å². The van der Waals surface area contributed by atoms with E-state index in [1.54, 1.807) is 7.11 Å². The maximum Gasteiger partial charge on any atom is 0.416 e. The molecule has 344 valence electrons. The zero-order valence-corrected chi connectivity index (χ0v) is 39.8. The first-order valence-corrected chi connectivity index (χ1v) is 23.1. The largest absolute Gasteiger partial charge is 0.497 e. The average Bonchev–Trinajstić information content (AvgIpc) is 3.34. The van der Waals surface area contributed by atoms with E-state index >= 15 is 0 Å². The Morgan fingerprint density at radius 2 is 1.00 bits per heavy atom. The van der Waals surface area contributed by atoms with Crippen molar-refractivity contribution in [3.63, 3.8) is 0 Å². The molecule has 4 heterocycles. The van der Waals surface area contributed by atoms with Crippen LogP contribution in [0.15, 0.2) is 122 Å². The standard InChI is InChI=1S/C26H27F3N4S.C26H30N4OS/c1-32(2)25-30-15-20(16-31-25)23-8-4-3-7-22(23)19-6-5-13-33(17-19)24(34)14-18-9-11-21(12-10-18)26(27,28)29;1-29(2)26-27-16-21(17-28-26)24-9-5-4-8-23(24)20-7-6-14-30(18-20)25(32)15-19-10-12-22(31-3)13-11-19/h3-4,7-12,15-16,19H,5-6,13-14,17H2,1-2H3;4-5,8-13,16-17,20H,6-7,14-15,18H2,1-3H3. The summed E-state index contributed by atoms with van der Waals surface area (Å²) in [5.41, 5.74) is 8.33. The molecule has 2 aliphatic heterocycles. The SMILES string of the molecule is CN(C)c1ncc(-c2ccccc2C2CCCN(C(=S)Cc3ccc(C(F)(F)F)cc3)C2)cn1.COc1ccc(CC(=S)N2CCCC(c3ccccc3-c3cnc(N(C)C)nc3)C2)cc1. The van der Waals surface area contributed by atoms with Crippen LogP contribution < -0.4 is 14.5 Å². The van der Waals surface area contributed by atoms with Crippen LogP contribution in [-0.4, -0.2) is 101 Å². The lowest BCUT2D eigenvalue weighted by Crippen LogP contribution is -2.39. The number of methoxy groups -OCH3 is 1. The maximum atomic E-state index is 12.8. The van der Waals surface area contributed by atoms with Crippen LogP contribution in [0.2, 0.25) is 0 Å². The number of hydrogen-bond acceptors (Lipinski definition) is 9. The highest BCUT2D eigenvalue weighted by Crippen LogP contribution is 2.37. The highest BCUT2D eigenvalue weighted by Gasteiger charge is 2.31. The molecule has 0 bridgehead atoms. The smallest absolute Gasteiger partial charge is 0.416 e. The lowest BCUT2D eigenvalue weighted by atomic mass is 9.86. The third kappa shape index (κ3) is 12.3. The number of benzene rings is 4. The van der Waals surface area contributed by atoms with Gasteiger partial charge < -0.3 is 24.3 Å².